The summed E-state index contributed by atoms with van der Waals surface area (Å²) in [6.07, 6.45) is -3.25. The van der Waals surface area contributed by atoms with Crippen molar-refractivity contribution in [3.05, 3.63) is 53.7 Å². The minimum Gasteiger partial charge on any atom is -0.497 e. The molecule has 10 heteroatoms. The molecule has 1 amide bonds. The van der Waals surface area contributed by atoms with Crippen LogP contribution in [0, 0.1) is 11.3 Å². The Kier molecular flexibility index (Phi) is 6.97. The number of rotatable bonds is 6. The number of nitriles is 1. The molecule has 0 aliphatic carbocycles. The lowest BCUT2D eigenvalue weighted by atomic mass is 10.1. The number of carbonyl (C=O) groups excluding carboxylic acids is 1. The minimum absolute atomic E-state index is 0.199. The lowest BCUT2D eigenvalue weighted by Gasteiger charge is -2.37. The zero-order valence-corrected chi connectivity index (χ0v) is 16.8. The van der Waals surface area contributed by atoms with Crippen LogP contribution in [-0.4, -0.2) is 66.8 Å². The Bertz CT molecular complexity index is 919. The first-order valence-electron chi connectivity index (χ1n) is 9.53. The summed E-state index contributed by atoms with van der Waals surface area (Å²) in [5.74, 6) is 0.238. The number of amides is 1. The van der Waals surface area contributed by atoms with E-state index in [4.69, 9.17) is 4.74 Å². The Morgan fingerprint density at radius 2 is 1.84 bits per heavy atom. The van der Waals surface area contributed by atoms with Crippen LogP contribution in [0.2, 0.25) is 0 Å². The Labute approximate surface area is 177 Å². The van der Waals surface area contributed by atoms with Crippen LogP contribution in [0.4, 0.5) is 13.2 Å². The molecule has 0 spiro atoms. The van der Waals surface area contributed by atoms with Gasteiger partial charge in [-0.05, 0) is 23.8 Å². The zero-order chi connectivity index (χ0) is 22.4. The molecule has 1 aromatic carbocycles. The van der Waals surface area contributed by atoms with E-state index in [1.165, 1.54) is 18.3 Å². The first-order chi connectivity index (χ1) is 14.8. The van der Waals surface area contributed by atoms with Gasteiger partial charge in [0.2, 0.25) is 5.88 Å². The van der Waals surface area contributed by atoms with Gasteiger partial charge in [-0.3, -0.25) is 9.69 Å². The number of hydrogen-bond donors (Lipinski definition) is 0. The maximum atomic E-state index is 12.7. The van der Waals surface area contributed by atoms with Gasteiger partial charge in [-0.15, -0.1) is 0 Å². The highest BCUT2D eigenvalue weighted by Crippen LogP contribution is 2.24. The van der Waals surface area contributed by atoms with Gasteiger partial charge in [-0.25, -0.2) is 4.98 Å². The number of nitrogens with zero attached hydrogens (tertiary/aromatic N) is 4. The number of hydrogen-bond acceptors (Lipinski definition) is 6. The van der Waals surface area contributed by atoms with Gasteiger partial charge in [0.15, 0.2) is 6.61 Å². The van der Waals surface area contributed by atoms with Crippen LogP contribution in [0.3, 0.4) is 0 Å². The molecule has 31 heavy (non-hydrogen) atoms. The minimum atomic E-state index is -4.46. The highest BCUT2D eigenvalue weighted by Gasteiger charge is 2.29. The fourth-order valence-electron chi connectivity index (χ4n) is 3.27. The van der Waals surface area contributed by atoms with Crippen molar-refractivity contribution in [1.29, 1.82) is 5.26 Å². The number of piperazine rings is 1. The van der Waals surface area contributed by atoms with Crippen LogP contribution in [0.5, 0.6) is 11.6 Å². The molecule has 2 aromatic rings. The van der Waals surface area contributed by atoms with E-state index in [2.05, 4.69) is 15.8 Å². The molecule has 0 saturated carbocycles. The van der Waals surface area contributed by atoms with Crippen molar-refractivity contribution in [2.75, 3.05) is 39.9 Å². The molecule has 7 nitrogen and oxygen atoms in total. The highest BCUT2D eigenvalue weighted by molar-refractivity contribution is 5.94. The number of aromatic nitrogens is 1. The topological polar surface area (TPSA) is 78.7 Å². The Balaban J connectivity index is 1.57. The van der Waals surface area contributed by atoms with Crippen LogP contribution in [0.15, 0.2) is 42.6 Å². The number of alkyl halides is 3. The fourth-order valence-corrected chi connectivity index (χ4v) is 3.27. The zero-order valence-electron chi connectivity index (χ0n) is 16.8. The first kappa shape index (κ1) is 22.4. The van der Waals surface area contributed by atoms with Crippen LogP contribution < -0.4 is 9.47 Å². The van der Waals surface area contributed by atoms with E-state index < -0.39 is 18.8 Å². The van der Waals surface area contributed by atoms with Gasteiger partial charge >= 0.3 is 6.18 Å². The van der Waals surface area contributed by atoms with Crippen molar-refractivity contribution in [2.45, 2.75) is 12.2 Å². The number of methoxy groups -OCH3 is 1. The molecule has 1 aliphatic heterocycles. The summed E-state index contributed by atoms with van der Waals surface area (Å²) < 4.78 is 46.3. The van der Waals surface area contributed by atoms with E-state index >= 15 is 0 Å². The van der Waals surface area contributed by atoms with Gasteiger partial charge in [-0.1, -0.05) is 12.1 Å². The molecular weight excluding hydrogens is 413 g/mol. The molecule has 3 rings (SSSR count). The van der Waals surface area contributed by atoms with E-state index in [1.54, 1.807) is 24.1 Å². The third-order valence-electron chi connectivity index (χ3n) is 4.89. The Hall–Kier alpha value is -3.32. The second-order valence-electron chi connectivity index (χ2n) is 6.92. The second-order valence-corrected chi connectivity index (χ2v) is 6.92. The van der Waals surface area contributed by atoms with Gasteiger partial charge in [-0.2, -0.15) is 18.4 Å². The number of ether oxygens (including phenoxy) is 2. The van der Waals surface area contributed by atoms with E-state index in [0.29, 0.717) is 31.9 Å². The van der Waals surface area contributed by atoms with Crippen molar-refractivity contribution in [3.8, 4) is 17.7 Å². The maximum Gasteiger partial charge on any atom is 0.422 e. The molecular formula is C21H21F3N4O3. The van der Waals surface area contributed by atoms with Gasteiger partial charge < -0.3 is 14.4 Å². The highest BCUT2D eigenvalue weighted by atomic mass is 19.4. The lowest BCUT2D eigenvalue weighted by molar-refractivity contribution is -0.154. The average Bonchev–Trinajstić information content (AvgIpc) is 2.78. The third-order valence-corrected chi connectivity index (χ3v) is 4.89. The summed E-state index contributed by atoms with van der Waals surface area (Å²) in [7, 11) is 1.58. The average molecular weight is 434 g/mol. The summed E-state index contributed by atoms with van der Waals surface area (Å²) in [6.45, 7) is 0.412. The standard InChI is InChI=1S/C21H21F3N4O3/c1-30-17-5-2-15(3-6-17)18(12-25)27-8-10-28(11-9-27)20(29)16-4-7-19(26-13-16)31-14-21(22,23)24/h2-7,13,18H,8-11,14H2,1H3. The SMILES string of the molecule is COc1ccc(C(C#N)N2CCN(C(=O)c3ccc(OCC(F)(F)F)nc3)CC2)cc1. The van der Waals surface area contributed by atoms with E-state index in [1.807, 2.05) is 17.0 Å². The summed E-state index contributed by atoms with van der Waals surface area (Å²) in [4.78, 5) is 20.1. The fraction of sp³-hybridized carbons (Fsp3) is 0.381. The number of benzene rings is 1. The lowest BCUT2D eigenvalue weighted by Crippen LogP contribution is -2.49. The van der Waals surface area contributed by atoms with Gasteiger partial charge in [0.25, 0.3) is 5.91 Å². The Morgan fingerprint density at radius 1 is 1.16 bits per heavy atom. The van der Waals surface area contributed by atoms with E-state index in [9.17, 15) is 23.2 Å². The molecule has 1 fully saturated rings. The molecule has 1 aromatic heterocycles. The number of halogens is 3. The molecule has 1 unspecified atom stereocenters. The predicted molar refractivity (Wildman–Crippen MR) is 105 cm³/mol. The summed E-state index contributed by atoms with van der Waals surface area (Å²) in [5.41, 5.74) is 1.11. The summed E-state index contributed by atoms with van der Waals surface area (Å²) in [5, 5.41) is 9.64. The molecule has 2 heterocycles. The number of pyridine rings is 1. The van der Waals surface area contributed by atoms with Crippen molar-refractivity contribution in [1.82, 2.24) is 14.8 Å². The molecule has 0 N–H and O–H groups in total. The maximum absolute atomic E-state index is 12.7. The molecule has 0 bridgehead atoms. The smallest absolute Gasteiger partial charge is 0.422 e. The van der Waals surface area contributed by atoms with Crippen LogP contribution in [-0.2, 0) is 0 Å². The normalized spacial score (nSPS) is 15.8. The van der Waals surface area contributed by atoms with Crippen LogP contribution in [0.25, 0.3) is 0 Å². The number of carbonyl (C=O) groups is 1. The van der Waals surface area contributed by atoms with E-state index in [0.717, 1.165) is 5.56 Å². The Morgan fingerprint density at radius 3 is 2.35 bits per heavy atom. The second kappa shape index (κ2) is 9.66. The summed E-state index contributed by atoms with van der Waals surface area (Å²) >= 11 is 0. The van der Waals surface area contributed by atoms with Gasteiger partial charge in [0.05, 0.1) is 18.7 Å². The van der Waals surface area contributed by atoms with Crippen LogP contribution >= 0.6 is 0 Å². The van der Waals surface area contributed by atoms with Gasteiger partial charge in [0, 0.05) is 38.4 Å². The molecule has 1 atom stereocenters. The molecule has 1 saturated heterocycles. The first-order valence-corrected chi connectivity index (χ1v) is 9.53. The molecule has 0 radical (unpaired) electrons. The molecule has 1 aliphatic rings. The van der Waals surface area contributed by atoms with Crippen molar-refractivity contribution in [3.63, 3.8) is 0 Å². The van der Waals surface area contributed by atoms with Crippen molar-refractivity contribution in [2.24, 2.45) is 0 Å². The third kappa shape index (κ3) is 5.86. The quantitative estimate of drug-likeness (QED) is 0.696. The monoisotopic (exact) mass is 434 g/mol. The van der Waals surface area contributed by atoms with Gasteiger partial charge in [0.1, 0.15) is 11.8 Å². The van der Waals surface area contributed by atoms with Crippen LogP contribution in [0.1, 0.15) is 22.0 Å². The largest absolute Gasteiger partial charge is 0.497 e. The van der Waals surface area contributed by atoms with Crippen molar-refractivity contribution >= 4 is 5.91 Å². The predicted octanol–water partition coefficient (Wildman–Crippen LogP) is 3.05. The van der Waals surface area contributed by atoms with E-state index in [-0.39, 0.29) is 17.4 Å². The summed E-state index contributed by atoms with van der Waals surface area (Å²) in [6, 6.07) is 11.8. The molecule has 164 valence electrons. The van der Waals surface area contributed by atoms with Crippen molar-refractivity contribution < 1.29 is 27.4 Å².